The number of imidazole rings is 1. The Hall–Kier alpha value is -5.75. The molecule has 6 heteroatoms. The second-order valence-corrected chi connectivity index (χ2v) is 15.5. The summed E-state index contributed by atoms with van der Waals surface area (Å²) < 4.78 is 41.0. The van der Waals surface area contributed by atoms with Crippen LogP contribution in [-0.2, 0) is 5.41 Å². The van der Waals surface area contributed by atoms with Gasteiger partial charge in [0.2, 0.25) is 17.3 Å². The van der Waals surface area contributed by atoms with Gasteiger partial charge >= 0.3 is 0 Å². The van der Waals surface area contributed by atoms with Crippen LogP contribution in [0.5, 0.6) is 0 Å². The largest absolute Gasteiger partial charge is 0.438 e. The van der Waals surface area contributed by atoms with Gasteiger partial charge in [0, 0.05) is 20.3 Å². The summed E-state index contributed by atoms with van der Waals surface area (Å²) in [5, 5.41) is 3.18. The predicted octanol–water partition coefficient (Wildman–Crippen LogP) is 12.8. The Morgan fingerprint density at radius 3 is 2.15 bits per heavy atom. The zero-order valence-electron chi connectivity index (χ0n) is 33.5. The Labute approximate surface area is 307 Å². The molecular weight excluding hydrogens is 641 g/mol. The zero-order valence-corrected chi connectivity index (χ0v) is 30.5. The minimum atomic E-state index is -2.43. The number of rotatable bonds is 5. The van der Waals surface area contributed by atoms with E-state index in [-0.39, 0.29) is 22.8 Å². The monoisotopic (exact) mass is 685 g/mol. The molecule has 9 rings (SSSR count). The Kier molecular flexibility index (Phi) is 6.47. The molecule has 0 spiro atoms. The number of pyridine rings is 1. The second kappa shape index (κ2) is 11.6. The quantitative estimate of drug-likeness (QED) is 0.180. The fraction of sp³-hybridized carbons (Fsp3) is 0.239. The molecule has 9 aromatic rings. The minimum Gasteiger partial charge on any atom is -0.438 e. The third kappa shape index (κ3) is 4.95. The van der Waals surface area contributed by atoms with Crippen molar-refractivity contribution >= 4 is 55.1 Å². The molecule has 6 nitrogen and oxygen atoms in total. The first-order valence-corrected chi connectivity index (χ1v) is 18.0. The molecule has 4 aromatic heterocycles. The molecule has 0 fully saturated rings. The van der Waals surface area contributed by atoms with Gasteiger partial charge in [-0.2, -0.15) is 9.97 Å². The maximum Gasteiger partial charge on any atom is 0.229 e. The Morgan fingerprint density at radius 1 is 0.712 bits per heavy atom. The Balaban J connectivity index is 1.43. The van der Waals surface area contributed by atoms with E-state index in [1.165, 1.54) is 11.1 Å². The first kappa shape index (κ1) is 28.9. The van der Waals surface area contributed by atoms with E-state index >= 15 is 0 Å². The first-order valence-electron chi connectivity index (χ1n) is 19.5. The highest BCUT2D eigenvalue weighted by Crippen LogP contribution is 2.44. The van der Waals surface area contributed by atoms with Crippen LogP contribution in [0.4, 0.5) is 0 Å². The van der Waals surface area contributed by atoms with Gasteiger partial charge in [-0.3, -0.25) is 4.57 Å². The molecule has 52 heavy (non-hydrogen) atoms. The van der Waals surface area contributed by atoms with Crippen LogP contribution in [0, 0.1) is 6.85 Å². The van der Waals surface area contributed by atoms with Crippen molar-refractivity contribution in [2.75, 3.05) is 0 Å². The third-order valence-electron chi connectivity index (χ3n) is 10.1. The summed E-state index contributed by atoms with van der Waals surface area (Å²) in [5.74, 6) is 1.52. The van der Waals surface area contributed by atoms with Crippen molar-refractivity contribution in [2.45, 2.75) is 72.6 Å². The van der Waals surface area contributed by atoms with Crippen molar-refractivity contribution in [1.29, 1.82) is 0 Å². The molecule has 0 radical (unpaired) electrons. The van der Waals surface area contributed by atoms with Crippen LogP contribution in [0.2, 0.25) is 0 Å². The molecule has 4 heterocycles. The maximum atomic E-state index is 8.60. The van der Waals surface area contributed by atoms with Crippen molar-refractivity contribution in [3.63, 3.8) is 0 Å². The fourth-order valence-electron chi connectivity index (χ4n) is 7.51. The van der Waals surface area contributed by atoms with E-state index in [0.29, 0.717) is 50.6 Å². The molecule has 5 aromatic carbocycles. The summed E-state index contributed by atoms with van der Waals surface area (Å²) >= 11 is 0. The number of fused-ring (bicyclic) bond motifs is 7. The number of hydrogen-bond donors (Lipinski definition) is 0. The number of nitrogens with zero attached hydrogens (tertiary/aromatic N) is 4. The van der Waals surface area contributed by atoms with Crippen LogP contribution in [-0.4, -0.2) is 19.5 Å². The van der Waals surface area contributed by atoms with E-state index in [1.54, 1.807) is 6.07 Å². The molecule has 0 amide bonds. The van der Waals surface area contributed by atoms with Gasteiger partial charge in [-0.25, -0.2) is 4.98 Å². The van der Waals surface area contributed by atoms with Crippen molar-refractivity contribution in [3.8, 4) is 28.2 Å². The lowest BCUT2D eigenvalue weighted by Gasteiger charge is -2.24. The third-order valence-corrected chi connectivity index (χ3v) is 10.1. The van der Waals surface area contributed by atoms with Crippen molar-refractivity contribution in [1.82, 2.24) is 19.5 Å². The maximum absolute atomic E-state index is 8.60. The number of hydrogen-bond acceptors (Lipinski definition) is 5. The highest BCUT2D eigenvalue weighted by molar-refractivity contribution is 6.13. The van der Waals surface area contributed by atoms with Gasteiger partial charge in [-0.15, -0.1) is 0 Å². The lowest BCUT2D eigenvalue weighted by atomic mass is 9.88. The van der Waals surface area contributed by atoms with Gasteiger partial charge < -0.3 is 8.83 Å². The van der Waals surface area contributed by atoms with Crippen molar-refractivity contribution in [2.24, 2.45) is 0 Å². The second-order valence-electron chi connectivity index (χ2n) is 15.5. The molecule has 0 unspecified atom stereocenters. The van der Waals surface area contributed by atoms with Gasteiger partial charge in [0.15, 0.2) is 5.58 Å². The van der Waals surface area contributed by atoms with Crippen LogP contribution < -0.4 is 0 Å². The molecule has 0 saturated carbocycles. The van der Waals surface area contributed by atoms with E-state index in [4.69, 9.17) is 22.9 Å². The van der Waals surface area contributed by atoms with Gasteiger partial charge in [-0.1, -0.05) is 115 Å². The number of aromatic nitrogens is 4. The molecular formula is C46H42N4O2. The van der Waals surface area contributed by atoms with Gasteiger partial charge in [0.1, 0.15) is 11.4 Å². The lowest BCUT2D eigenvalue weighted by molar-refractivity contribution is 0.411. The van der Waals surface area contributed by atoms with Crippen LogP contribution in [0.25, 0.3) is 83.3 Å². The average Bonchev–Trinajstić information content (AvgIpc) is 3.86. The van der Waals surface area contributed by atoms with E-state index in [9.17, 15) is 0 Å². The normalized spacial score (nSPS) is 13.7. The molecule has 0 atom stereocenters. The number of aryl methyl sites for hydroxylation is 1. The summed E-state index contributed by atoms with van der Waals surface area (Å²) in [4.78, 5) is 14.9. The summed E-state index contributed by atoms with van der Waals surface area (Å²) in [6.07, 6.45) is 0. The topological polar surface area (TPSA) is 69.9 Å². The highest BCUT2D eigenvalue weighted by Gasteiger charge is 2.28. The van der Waals surface area contributed by atoms with Crippen molar-refractivity contribution in [3.05, 3.63) is 120 Å². The molecule has 0 aliphatic heterocycles. The first-order chi connectivity index (χ1) is 26.2. The molecule has 0 N–H and O–H groups in total. The summed E-state index contributed by atoms with van der Waals surface area (Å²) in [6, 6.07) is 33.1. The molecule has 258 valence electrons. The lowest BCUT2D eigenvalue weighted by Crippen LogP contribution is -2.11. The molecule has 0 saturated heterocycles. The van der Waals surface area contributed by atoms with E-state index in [0.717, 1.165) is 38.6 Å². The van der Waals surface area contributed by atoms with Gasteiger partial charge in [0.25, 0.3) is 0 Å². The summed E-state index contributed by atoms with van der Waals surface area (Å²) in [5.41, 5.74) is 9.62. The summed E-state index contributed by atoms with van der Waals surface area (Å²) in [6.45, 7) is 12.6. The molecule has 0 aliphatic rings. The van der Waals surface area contributed by atoms with Crippen LogP contribution in [0.3, 0.4) is 0 Å². The van der Waals surface area contributed by atoms with Crippen LogP contribution in [0.15, 0.2) is 106 Å². The Bertz CT molecular complexity index is 2930. The smallest absolute Gasteiger partial charge is 0.229 e. The average molecular weight is 686 g/mol. The number of benzene rings is 5. The van der Waals surface area contributed by atoms with E-state index in [1.807, 2.05) is 39.0 Å². The van der Waals surface area contributed by atoms with Gasteiger partial charge in [0.05, 0.1) is 27.7 Å². The number of oxazole rings is 1. The number of furan rings is 1. The minimum absolute atomic E-state index is 0.158. The molecule has 0 bridgehead atoms. The summed E-state index contributed by atoms with van der Waals surface area (Å²) in [7, 11) is 0. The van der Waals surface area contributed by atoms with Crippen LogP contribution in [0.1, 0.15) is 87.0 Å². The van der Waals surface area contributed by atoms with E-state index in [2.05, 4.69) is 110 Å². The van der Waals surface area contributed by atoms with Gasteiger partial charge in [-0.05, 0) is 82.2 Å². The van der Waals surface area contributed by atoms with Crippen molar-refractivity contribution < 1.29 is 12.9 Å². The van der Waals surface area contributed by atoms with E-state index < -0.39 is 6.85 Å². The Morgan fingerprint density at radius 2 is 1.44 bits per heavy atom. The predicted molar refractivity (Wildman–Crippen MR) is 214 cm³/mol. The zero-order chi connectivity index (χ0) is 38.6. The van der Waals surface area contributed by atoms with Crippen LogP contribution >= 0.6 is 0 Å². The standard InChI is InChI=1S/C46H42N4O2/c1-25(2)33-22-30(28-14-10-9-11-15-28)23-34(26(3)4)39(33)50-40-31-17-13-12-16-29(31)19-21-36(40)47-43(50)32-20-18-27(5)38-35-24-37-42(48-44(35)52-41(32)38)49-45(51-37)46(6,7)8/h9-26H,1-8H3/i5D3. The highest BCUT2D eigenvalue weighted by atomic mass is 16.4. The SMILES string of the molecule is [2H]C([2H])([2H])c1ccc(-c2nc3ccc4ccccc4c3n2-c2c(C(C)C)cc(-c3ccccc3)cc2C(C)C)c2oc3nc4nc(C(C)(C)C)oc4cc3c12. The molecule has 0 aliphatic carbocycles. The fourth-order valence-corrected chi connectivity index (χ4v) is 7.51.